The van der Waals surface area contributed by atoms with E-state index in [0.29, 0.717) is 47.9 Å². The number of hydrogen-bond acceptors (Lipinski definition) is 9. The zero-order valence-corrected chi connectivity index (χ0v) is 31.3. The van der Waals surface area contributed by atoms with Gasteiger partial charge in [-0.2, -0.15) is 4.57 Å². The predicted octanol–water partition coefficient (Wildman–Crippen LogP) is 5.23. The van der Waals surface area contributed by atoms with Gasteiger partial charge in [0.05, 0.1) is 24.5 Å². The molecule has 5 amide bonds. The lowest BCUT2D eigenvalue weighted by Gasteiger charge is -2.11. The monoisotopic (exact) mass is 754 g/mol. The third-order valence-electron chi connectivity index (χ3n) is 8.23. The van der Waals surface area contributed by atoms with Gasteiger partial charge in [-0.15, -0.1) is 0 Å². The summed E-state index contributed by atoms with van der Waals surface area (Å²) in [7, 11) is 0. The average Bonchev–Trinajstić information content (AvgIpc) is 3.19. The largest absolute Gasteiger partial charge is 0.494 e. The number of carbonyl (C=O) groups excluding carboxylic acids is 4. The van der Waals surface area contributed by atoms with Crippen LogP contribution in [0.25, 0.3) is 0 Å². The molecule has 0 saturated carbocycles. The van der Waals surface area contributed by atoms with Crippen LogP contribution >= 0.6 is 0 Å². The van der Waals surface area contributed by atoms with Crippen LogP contribution in [-0.2, 0) is 22.8 Å². The van der Waals surface area contributed by atoms with Crippen LogP contribution in [0.3, 0.4) is 0 Å². The standard InChI is InChI=1S/C40H51N9O6/c1-2-3-4-9-23-54-36-18-16-34(17-19-36)46-40(53)45-33-12-14-35(15-13-33)47-48-37(50)28-49-22-10-11-31(27-49)39(52)43-20-7-5-6-8-21-44-55-29-30-24-32(38(41)51)26-42-25-30/h10-19,22,24-27,44,47H,2-9,20-21,23,28-29H2,1H3,(H5-,41,43,45,46,48,50,51,52,53)/p+1. The van der Waals surface area contributed by atoms with Crippen molar-refractivity contribution in [1.82, 2.24) is 21.2 Å². The maximum Gasteiger partial charge on any atom is 0.323 e. The zero-order valence-electron chi connectivity index (χ0n) is 31.3. The van der Waals surface area contributed by atoms with E-state index < -0.39 is 5.91 Å². The van der Waals surface area contributed by atoms with E-state index in [2.05, 4.69) is 44.2 Å². The summed E-state index contributed by atoms with van der Waals surface area (Å²) in [6, 6.07) is 18.8. The van der Waals surface area contributed by atoms with E-state index in [1.165, 1.54) is 19.0 Å². The number of carbonyl (C=O) groups is 4. The molecule has 0 saturated heterocycles. The van der Waals surface area contributed by atoms with E-state index in [1.54, 1.807) is 77.8 Å². The second kappa shape index (κ2) is 23.6. The van der Waals surface area contributed by atoms with Crippen LogP contribution in [0.1, 0.15) is 84.6 Å². The summed E-state index contributed by atoms with van der Waals surface area (Å²) >= 11 is 0. The number of pyridine rings is 2. The average molecular weight is 755 g/mol. The molecule has 2 heterocycles. The van der Waals surface area contributed by atoms with E-state index in [9.17, 15) is 19.2 Å². The number of primary amides is 1. The van der Waals surface area contributed by atoms with E-state index in [4.69, 9.17) is 15.3 Å². The van der Waals surface area contributed by atoms with Crippen molar-refractivity contribution in [2.24, 2.45) is 5.73 Å². The Hall–Kier alpha value is -6.06. The van der Waals surface area contributed by atoms with Crippen molar-refractivity contribution < 1.29 is 33.3 Å². The molecule has 0 radical (unpaired) electrons. The SMILES string of the molecule is CCCCCCOc1ccc(NC(=O)Nc2ccc(NNC(=O)C[n+]3cccc(C(=O)NCCCCCCNOCc4cncc(C(N)=O)c4)c3)cc2)cc1. The Bertz CT molecular complexity index is 1810. The van der Waals surface area contributed by atoms with E-state index in [0.717, 1.165) is 49.8 Å². The van der Waals surface area contributed by atoms with Gasteiger partial charge in [0.1, 0.15) is 11.3 Å². The van der Waals surface area contributed by atoms with Gasteiger partial charge in [0, 0.05) is 42.9 Å². The Kier molecular flexibility index (Phi) is 17.9. The molecule has 0 spiro atoms. The lowest BCUT2D eigenvalue weighted by atomic mass is 10.2. The van der Waals surface area contributed by atoms with Gasteiger partial charge in [0.2, 0.25) is 12.5 Å². The Labute approximate surface area is 321 Å². The van der Waals surface area contributed by atoms with Gasteiger partial charge in [-0.25, -0.2) is 10.3 Å². The molecule has 0 atom stereocenters. The first-order chi connectivity index (χ1) is 26.8. The van der Waals surface area contributed by atoms with Crippen LogP contribution < -0.4 is 47.3 Å². The number of urea groups is 1. The van der Waals surface area contributed by atoms with Gasteiger partial charge in [0.25, 0.3) is 5.91 Å². The Morgan fingerprint density at radius 2 is 1.47 bits per heavy atom. The highest BCUT2D eigenvalue weighted by Gasteiger charge is 2.14. The summed E-state index contributed by atoms with van der Waals surface area (Å²) in [4.78, 5) is 58.5. The molecule has 15 nitrogen and oxygen atoms in total. The molecule has 0 aliphatic carbocycles. The number of nitrogens with zero attached hydrogens (tertiary/aromatic N) is 2. The molecular formula is C40H52N9O6+. The molecule has 0 bridgehead atoms. The highest BCUT2D eigenvalue weighted by atomic mass is 16.6. The second-order valence-electron chi connectivity index (χ2n) is 12.8. The highest BCUT2D eigenvalue weighted by molar-refractivity contribution is 6.00. The minimum Gasteiger partial charge on any atom is -0.494 e. The van der Waals surface area contributed by atoms with Crippen molar-refractivity contribution in [1.29, 1.82) is 0 Å². The van der Waals surface area contributed by atoms with Crippen LogP contribution in [0, 0.1) is 0 Å². The minimum absolute atomic E-state index is 0.00556. The van der Waals surface area contributed by atoms with Crippen molar-refractivity contribution in [2.45, 2.75) is 71.4 Å². The van der Waals surface area contributed by atoms with Gasteiger partial charge >= 0.3 is 11.9 Å². The van der Waals surface area contributed by atoms with Crippen LogP contribution in [-0.4, -0.2) is 48.4 Å². The summed E-state index contributed by atoms with van der Waals surface area (Å²) in [6.07, 6.45) is 14.6. The number of hydroxylamine groups is 1. The van der Waals surface area contributed by atoms with Gasteiger partial charge in [-0.1, -0.05) is 39.0 Å². The zero-order chi connectivity index (χ0) is 39.1. The fourth-order valence-electron chi connectivity index (χ4n) is 5.27. The summed E-state index contributed by atoms with van der Waals surface area (Å²) in [5.74, 6) is -0.290. The number of nitrogens with two attached hydrogens (primary N) is 1. The Morgan fingerprint density at radius 1 is 0.782 bits per heavy atom. The van der Waals surface area contributed by atoms with Gasteiger partial charge in [0.15, 0.2) is 12.4 Å². The summed E-state index contributed by atoms with van der Waals surface area (Å²) in [5.41, 5.74) is 17.1. The first kappa shape index (κ1) is 41.7. The molecule has 8 N–H and O–H groups in total. The van der Waals surface area contributed by atoms with Crippen molar-refractivity contribution >= 4 is 40.8 Å². The normalized spacial score (nSPS) is 10.6. The highest BCUT2D eigenvalue weighted by Crippen LogP contribution is 2.18. The Balaban J connectivity index is 1.05. The van der Waals surface area contributed by atoms with Crippen molar-refractivity contribution in [3.8, 4) is 5.75 Å². The van der Waals surface area contributed by atoms with Gasteiger partial charge in [-0.3, -0.25) is 35.1 Å². The molecule has 2 aromatic carbocycles. The number of unbranched alkanes of at least 4 members (excludes halogenated alkanes) is 6. The second-order valence-corrected chi connectivity index (χ2v) is 12.8. The molecule has 0 unspecified atom stereocenters. The molecule has 4 rings (SSSR count). The number of amides is 5. The van der Waals surface area contributed by atoms with E-state index in [1.807, 2.05) is 12.1 Å². The Morgan fingerprint density at radius 3 is 2.20 bits per heavy atom. The van der Waals surface area contributed by atoms with Crippen LogP contribution in [0.2, 0.25) is 0 Å². The molecule has 55 heavy (non-hydrogen) atoms. The molecular weight excluding hydrogens is 702 g/mol. The smallest absolute Gasteiger partial charge is 0.323 e. The number of aromatic nitrogens is 2. The van der Waals surface area contributed by atoms with E-state index in [-0.39, 0.29) is 31.0 Å². The first-order valence-electron chi connectivity index (χ1n) is 18.6. The molecule has 0 fully saturated rings. The molecule has 292 valence electrons. The maximum absolute atomic E-state index is 12.7. The number of ether oxygens (including phenoxy) is 1. The molecule has 15 heteroatoms. The quantitative estimate of drug-likeness (QED) is 0.0284. The van der Waals surface area contributed by atoms with Gasteiger partial charge < -0.3 is 26.4 Å². The number of hydrogen-bond donors (Lipinski definition) is 7. The third-order valence-corrected chi connectivity index (χ3v) is 8.23. The van der Waals surface area contributed by atoms with Crippen LogP contribution in [0.5, 0.6) is 5.75 Å². The number of rotatable bonds is 24. The van der Waals surface area contributed by atoms with Gasteiger partial charge in [-0.05, 0) is 85.5 Å². The number of benzene rings is 2. The van der Waals surface area contributed by atoms with E-state index >= 15 is 0 Å². The number of hydrazine groups is 1. The van der Waals surface area contributed by atoms with Crippen molar-refractivity contribution in [3.05, 3.63) is 108 Å². The topological polar surface area (TPSA) is 202 Å². The fraction of sp³-hybridized carbons (Fsp3) is 0.350. The molecule has 2 aromatic heterocycles. The summed E-state index contributed by atoms with van der Waals surface area (Å²) in [6.45, 7) is 4.32. The fourth-order valence-corrected chi connectivity index (χ4v) is 5.27. The maximum atomic E-state index is 12.7. The summed E-state index contributed by atoms with van der Waals surface area (Å²) < 4.78 is 7.38. The number of anilines is 3. The molecule has 0 aliphatic rings. The van der Waals surface area contributed by atoms with Crippen molar-refractivity contribution in [2.75, 3.05) is 35.8 Å². The minimum atomic E-state index is -0.531. The predicted molar refractivity (Wildman–Crippen MR) is 210 cm³/mol. The van der Waals surface area contributed by atoms with Crippen LogP contribution in [0.4, 0.5) is 21.9 Å². The lowest BCUT2D eigenvalue weighted by Crippen LogP contribution is -2.44. The molecule has 0 aliphatic heterocycles. The number of nitrogens with one attached hydrogen (secondary N) is 6. The summed E-state index contributed by atoms with van der Waals surface area (Å²) in [5, 5.41) is 8.52. The molecule has 4 aromatic rings. The van der Waals surface area contributed by atoms with Crippen LogP contribution in [0.15, 0.2) is 91.5 Å². The van der Waals surface area contributed by atoms with Crippen molar-refractivity contribution in [3.63, 3.8) is 0 Å². The third kappa shape index (κ3) is 16.2. The lowest BCUT2D eigenvalue weighted by molar-refractivity contribution is -0.684. The first-order valence-corrected chi connectivity index (χ1v) is 18.6.